The van der Waals surface area contributed by atoms with Crippen molar-refractivity contribution in [1.82, 2.24) is 0 Å². The Labute approximate surface area is 121 Å². The highest BCUT2D eigenvalue weighted by atomic mass is 79.9. The summed E-state index contributed by atoms with van der Waals surface area (Å²) in [5.74, 6) is -5.09. The minimum Gasteiger partial charge on any atom is -0.374 e. The van der Waals surface area contributed by atoms with Crippen LogP contribution >= 0.6 is 15.9 Å². The molecule has 0 saturated heterocycles. The van der Waals surface area contributed by atoms with E-state index in [2.05, 4.69) is 21.2 Å². The lowest BCUT2D eigenvalue weighted by molar-refractivity contribution is 0.0105. The molecule has 0 saturated carbocycles. The van der Waals surface area contributed by atoms with Crippen molar-refractivity contribution < 1.29 is 17.6 Å². The fourth-order valence-corrected chi connectivity index (χ4v) is 2.10. The van der Waals surface area contributed by atoms with Crippen LogP contribution in [-0.2, 0) is 5.92 Å². The summed E-state index contributed by atoms with van der Waals surface area (Å²) in [6.07, 6.45) is 0. The maximum atomic E-state index is 13.9. The molecule has 20 heavy (non-hydrogen) atoms. The first-order valence-corrected chi connectivity index (χ1v) is 6.51. The Bertz CT molecular complexity index is 578. The van der Waals surface area contributed by atoms with E-state index in [-0.39, 0.29) is 10.0 Å². The normalized spacial score (nSPS) is 11.4. The van der Waals surface area contributed by atoms with E-state index in [0.29, 0.717) is 0 Å². The number of alkyl halides is 2. The van der Waals surface area contributed by atoms with Crippen molar-refractivity contribution in [3.63, 3.8) is 0 Å². The van der Waals surface area contributed by atoms with Gasteiger partial charge in [-0.15, -0.1) is 0 Å². The molecular weight excluding hydrogens is 338 g/mol. The van der Waals surface area contributed by atoms with Crippen LogP contribution in [0, 0.1) is 11.6 Å². The summed E-state index contributed by atoms with van der Waals surface area (Å²) in [6.45, 7) is -0.896. The first kappa shape index (κ1) is 14.8. The van der Waals surface area contributed by atoms with Gasteiger partial charge in [-0.05, 0) is 12.1 Å². The average molecular weight is 348 g/mol. The number of rotatable bonds is 4. The monoisotopic (exact) mass is 347 g/mol. The van der Waals surface area contributed by atoms with Gasteiger partial charge in [0.15, 0.2) is 0 Å². The zero-order chi connectivity index (χ0) is 14.8. The lowest BCUT2D eigenvalue weighted by atomic mass is 10.1. The number of anilines is 1. The van der Waals surface area contributed by atoms with Crippen molar-refractivity contribution in [2.45, 2.75) is 5.92 Å². The van der Waals surface area contributed by atoms with Crippen LogP contribution in [0.5, 0.6) is 0 Å². The predicted octanol–water partition coefficient (Wildman–Crippen LogP) is 4.93. The van der Waals surface area contributed by atoms with Crippen molar-refractivity contribution in [3.8, 4) is 0 Å². The molecule has 1 nitrogen and oxygen atoms in total. The Kier molecular flexibility index (Phi) is 4.32. The third kappa shape index (κ3) is 3.30. The van der Waals surface area contributed by atoms with E-state index < -0.39 is 29.8 Å². The van der Waals surface area contributed by atoms with Gasteiger partial charge in [0, 0.05) is 10.0 Å². The molecule has 2 aromatic carbocycles. The fourth-order valence-electron chi connectivity index (χ4n) is 1.69. The molecule has 0 heterocycles. The van der Waals surface area contributed by atoms with E-state index in [1.807, 2.05) is 0 Å². The smallest absolute Gasteiger partial charge is 0.290 e. The van der Waals surface area contributed by atoms with Crippen molar-refractivity contribution >= 4 is 21.6 Å². The lowest BCUT2D eigenvalue weighted by Crippen LogP contribution is -2.25. The van der Waals surface area contributed by atoms with E-state index >= 15 is 0 Å². The molecular formula is C14H10BrF4N. The van der Waals surface area contributed by atoms with E-state index in [4.69, 9.17) is 0 Å². The minimum atomic E-state index is -3.23. The number of halogens is 5. The highest BCUT2D eigenvalue weighted by molar-refractivity contribution is 9.10. The van der Waals surface area contributed by atoms with Gasteiger partial charge >= 0.3 is 0 Å². The van der Waals surface area contributed by atoms with Crippen molar-refractivity contribution in [1.29, 1.82) is 0 Å². The lowest BCUT2D eigenvalue weighted by Gasteiger charge is -2.18. The predicted molar refractivity (Wildman–Crippen MR) is 72.9 cm³/mol. The molecule has 2 rings (SSSR count). The number of hydrogen-bond acceptors (Lipinski definition) is 1. The van der Waals surface area contributed by atoms with Crippen LogP contribution < -0.4 is 5.32 Å². The largest absolute Gasteiger partial charge is 0.374 e. The van der Waals surface area contributed by atoms with Gasteiger partial charge in [0.1, 0.15) is 17.3 Å². The van der Waals surface area contributed by atoms with E-state index in [1.165, 1.54) is 24.3 Å². The van der Waals surface area contributed by atoms with Gasteiger partial charge in [0.2, 0.25) is 0 Å². The standard InChI is InChI=1S/C14H10BrF4N/c15-10-6-11(16)13(12(17)7-10)20-8-14(18,19)9-4-2-1-3-5-9/h1-7,20H,8H2. The third-order valence-electron chi connectivity index (χ3n) is 2.69. The van der Waals surface area contributed by atoms with Crippen LogP contribution in [0.4, 0.5) is 23.2 Å². The molecule has 0 amide bonds. The summed E-state index contributed by atoms with van der Waals surface area (Å²) < 4.78 is 55.0. The second-order valence-electron chi connectivity index (χ2n) is 4.17. The molecule has 0 aliphatic rings. The second kappa shape index (κ2) is 5.83. The zero-order valence-electron chi connectivity index (χ0n) is 10.1. The van der Waals surface area contributed by atoms with Crippen molar-refractivity contribution in [3.05, 3.63) is 64.1 Å². The first-order valence-electron chi connectivity index (χ1n) is 5.72. The summed E-state index contributed by atoms with van der Waals surface area (Å²) in [6, 6.07) is 9.10. The van der Waals surface area contributed by atoms with E-state index in [1.54, 1.807) is 6.07 Å². The van der Waals surface area contributed by atoms with Gasteiger partial charge in [-0.2, -0.15) is 8.78 Å². The quantitative estimate of drug-likeness (QED) is 0.773. The zero-order valence-corrected chi connectivity index (χ0v) is 11.7. The van der Waals surface area contributed by atoms with Crippen LogP contribution in [0.2, 0.25) is 0 Å². The molecule has 0 aliphatic carbocycles. The maximum absolute atomic E-state index is 13.9. The highest BCUT2D eigenvalue weighted by Crippen LogP contribution is 2.30. The number of hydrogen-bond donors (Lipinski definition) is 1. The van der Waals surface area contributed by atoms with Gasteiger partial charge < -0.3 is 5.32 Å². The molecule has 0 aromatic heterocycles. The number of benzene rings is 2. The molecule has 6 heteroatoms. The molecule has 0 fully saturated rings. The Morgan fingerprint density at radius 3 is 2.10 bits per heavy atom. The topological polar surface area (TPSA) is 12.0 Å². The maximum Gasteiger partial charge on any atom is 0.290 e. The Morgan fingerprint density at radius 2 is 1.55 bits per heavy atom. The van der Waals surface area contributed by atoms with E-state index in [0.717, 1.165) is 12.1 Å². The molecule has 0 aliphatic heterocycles. The summed E-state index contributed by atoms with van der Waals surface area (Å²) in [5.41, 5.74) is -0.783. The molecule has 0 unspecified atom stereocenters. The number of nitrogens with one attached hydrogen (secondary N) is 1. The van der Waals surface area contributed by atoms with Crippen LogP contribution in [0.1, 0.15) is 5.56 Å². The Morgan fingerprint density at radius 1 is 1.00 bits per heavy atom. The van der Waals surface area contributed by atoms with Crippen LogP contribution in [0.3, 0.4) is 0 Å². The summed E-state index contributed by atoms with van der Waals surface area (Å²) in [4.78, 5) is 0. The SMILES string of the molecule is Fc1cc(Br)cc(F)c1NCC(F)(F)c1ccccc1. The van der Waals surface area contributed by atoms with Gasteiger partial charge in [0.25, 0.3) is 5.92 Å². The second-order valence-corrected chi connectivity index (χ2v) is 5.08. The Balaban J connectivity index is 2.17. The molecule has 0 spiro atoms. The summed E-state index contributed by atoms with van der Waals surface area (Å²) >= 11 is 2.92. The van der Waals surface area contributed by atoms with E-state index in [9.17, 15) is 17.6 Å². The summed E-state index contributed by atoms with van der Waals surface area (Å²) in [5, 5.41) is 2.13. The van der Waals surface area contributed by atoms with Crippen LogP contribution in [-0.4, -0.2) is 6.54 Å². The van der Waals surface area contributed by atoms with Gasteiger partial charge in [-0.1, -0.05) is 46.3 Å². The average Bonchev–Trinajstić information content (AvgIpc) is 2.38. The minimum absolute atomic E-state index is 0.202. The first-order chi connectivity index (χ1) is 9.40. The molecule has 2 aromatic rings. The van der Waals surface area contributed by atoms with Crippen molar-refractivity contribution in [2.24, 2.45) is 0 Å². The van der Waals surface area contributed by atoms with Crippen molar-refractivity contribution in [2.75, 3.05) is 11.9 Å². The fraction of sp³-hybridized carbons (Fsp3) is 0.143. The molecule has 0 bridgehead atoms. The van der Waals surface area contributed by atoms with Crippen LogP contribution in [0.25, 0.3) is 0 Å². The van der Waals surface area contributed by atoms with Gasteiger partial charge in [-0.3, -0.25) is 0 Å². The molecule has 106 valence electrons. The van der Waals surface area contributed by atoms with Gasteiger partial charge in [0.05, 0.1) is 6.54 Å². The third-order valence-corrected chi connectivity index (χ3v) is 3.15. The summed E-state index contributed by atoms with van der Waals surface area (Å²) in [7, 11) is 0. The molecule has 1 N–H and O–H groups in total. The molecule has 0 atom stereocenters. The highest BCUT2D eigenvalue weighted by Gasteiger charge is 2.31. The molecule has 0 radical (unpaired) electrons. The van der Waals surface area contributed by atoms with Crippen LogP contribution in [0.15, 0.2) is 46.9 Å². The Hall–Kier alpha value is -1.56. The van der Waals surface area contributed by atoms with Gasteiger partial charge in [-0.25, -0.2) is 8.78 Å².